The summed E-state index contributed by atoms with van der Waals surface area (Å²) in [6.45, 7) is 0. The van der Waals surface area contributed by atoms with E-state index < -0.39 is 0 Å². The maximum Gasteiger partial charge on any atom is 0.259 e. The lowest BCUT2D eigenvalue weighted by molar-refractivity contribution is -0.105. The number of hydrogen-bond acceptors (Lipinski definition) is 6. The zero-order valence-corrected chi connectivity index (χ0v) is 10.1. The minimum Gasteiger partial charge on any atom is -0.388 e. The van der Waals surface area contributed by atoms with E-state index in [0.29, 0.717) is 17.2 Å². The third-order valence-corrected chi connectivity index (χ3v) is 3.05. The van der Waals surface area contributed by atoms with Gasteiger partial charge in [0.15, 0.2) is 10.8 Å². The standard InChI is InChI=1S/C11H10N3O3S/c15-5-9(14-17-8-3-1-2-4-8)10-6-18-11(13-10)12-7-16/h1,3,6-8H,2,4H2,(H,12,13,16)/b14-9+. The van der Waals surface area contributed by atoms with E-state index in [1.807, 2.05) is 12.2 Å². The number of allylic oxidation sites excluding steroid dienone is 1. The van der Waals surface area contributed by atoms with Crippen molar-refractivity contribution in [3.8, 4) is 0 Å². The lowest BCUT2D eigenvalue weighted by atomic mass is 10.3. The molecule has 0 bridgehead atoms. The molecule has 1 aliphatic carbocycles. The van der Waals surface area contributed by atoms with Crippen LogP contribution in [0.1, 0.15) is 18.5 Å². The number of thiazole rings is 1. The summed E-state index contributed by atoms with van der Waals surface area (Å²) >= 11 is 1.19. The van der Waals surface area contributed by atoms with Gasteiger partial charge in [-0.05, 0) is 18.9 Å². The van der Waals surface area contributed by atoms with E-state index in [0.717, 1.165) is 12.8 Å². The van der Waals surface area contributed by atoms with E-state index in [4.69, 9.17) is 4.84 Å². The summed E-state index contributed by atoms with van der Waals surface area (Å²) in [5, 5.41) is 8.12. The third-order valence-electron chi connectivity index (χ3n) is 2.27. The van der Waals surface area contributed by atoms with Crippen molar-refractivity contribution in [3.05, 3.63) is 23.2 Å². The van der Waals surface area contributed by atoms with Crippen molar-refractivity contribution in [2.45, 2.75) is 18.9 Å². The Kier molecular flexibility index (Phi) is 4.19. The lowest BCUT2D eigenvalue weighted by Crippen LogP contribution is -2.08. The number of carbonyl (C=O) groups is 1. The van der Waals surface area contributed by atoms with Crippen molar-refractivity contribution in [1.82, 2.24) is 4.98 Å². The number of nitrogens with zero attached hydrogens (tertiary/aromatic N) is 2. The van der Waals surface area contributed by atoms with Crippen molar-refractivity contribution in [2.24, 2.45) is 5.16 Å². The van der Waals surface area contributed by atoms with E-state index in [-0.39, 0.29) is 11.8 Å². The van der Waals surface area contributed by atoms with Gasteiger partial charge in [-0.3, -0.25) is 9.59 Å². The molecule has 1 aromatic heterocycles. The Morgan fingerprint density at radius 1 is 1.72 bits per heavy atom. The molecule has 0 aromatic carbocycles. The number of rotatable bonds is 6. The van der Waals surface area contributed by atoms with Crippen molar-refractivity contribution < 1.29 is 14.4 Å². The fraction of sp³-hybridized carbons (Fsp3) is 0.273. The average Bonchev–Trinajstić information content (AvgIpc) is 3.02. The van der Waals surface area contributed by atoms with Gasteiger partial charge in [-0.1, -0.05) is 11.2 Å². The molecular formula is C11H10N3O3S. The van der Waals surface area contributed by atoms with Crippen LogP contribution in [-0.4, -0.2) is 29.5 Å². The minimum atomic E-state index is -0.0976. The van der Waals surface area contributed by atoms with Gasteiger partial charge in [-0.25, -0.2) is 4.98 Å². The molecule has 0 saturated carbocycles. The predicted octanol–water partition coefficient (Wildman–Crippen LogP) is 1.26. The number of carbonyl (C=O) groups excluding carboxylic acids is 2. The molecule has 1 aromatic rings. The molecule has 93 valence electrons. The summed E-state index contributed by atoms with van der Waals surface area (Å²) in [6, 6.07) is 0. The average molecular weight is 264 g/mol. The highest BCUT2D eigenvalue weighted by Crippen LogP contribution is 2.16. The van der Waals surface area contributed by atoms with Crippen molar-refractivity contribution in [3.63, 3.8) is 0 Å². The summed E-state index contributed by atoms with van der Waals surface area (Å²) in [5.74, 6) is 0. The second-order valence-corrected chi connectivity index (χ2v) is 4.35. The molecule has 1 atom stereocenters. The van der Waals surface area contributed by atoms with Gasteiger partial charge in [-0.15, -0.1) is 11.3 Å². The number of anilines is 1. The Labute approximate surface area is 107 Å². The van der Waals surface area contributed by atoms with Crippen LogP contribution in [0.2, 0.25) is 0 Å². The summed E-state index contributed by atoms with van der Waals surface area (Å²) < 4.78 is 0. The zero-order valence-electron chi connectivity index (χ0n) is 9.33. The molecule has 0 saturated heterocycles. The smallest absolute Gasteiger partial charge is 0.259 e. The predicted molar refractivity (Wildman–Crippen MR) is 67.3 cm³/mol. The van der Waals surface area contributed by atoms with E-state index >= 15 is 0 Å². The Morgan fingerprint density at radius 2 is 2.61 bits per heavy atom. The van der Waals surface area contributed by atoms with E-state index in [1.165, 1.54) is 11.3 Å². The molecule has 6 nitrogen and oxygen atoms in total. The second-order valence-electron chi connectivity index (χ2n) is 3.49. The highest BCUT2D eigenvalue weighted by atomic mass is 32.1. The van der Waals surface area contributed by atoms with E-state index in [1.54, 1.807) is 11.7 Å². The van der Waals surface area contributed by atoms with Gasteiger partial charge >= 0.3 is 0 Å². The normalized spacial score (nSPS) is 18.7. The largest absolute Gasteiger partial charge is 0.388 e. The number of nitrogens with one attached hydrogen (secondary N) is 1. The quantitative estimate of drug-likeness (QED) is 0.363. The van der Waals surface area contributed by atoms with Gasteiger partial charge in [0.25, 0.3) is 6.29 Å². The molecule has 1 radical (unpaired) electrons. The summed E-state index contributed by atoms with van der Waals surface area (Å²) in [7, 11) is 0. The molecule has 1 amide bonds. The third kappa shape index (κ3) is 3.01. The molecule has 1 unspecified atom stereocenters. The van der Waals surface area contributed by atoms with Gasteiger partial charge in [-0.2, -0.15) is 0 Å². The summed E-state index contributed by atoms with van der Waals surface area (Å²) in [5.41, 5.74) is 0.326. The SMILES string of the molecule is O=[C]/C(=N\OC1C=CCC1)c1csc(NC=O)n1. The first-order valence-corrected chi connectivity index (χ1v) is 6.16. The van der Waals surface area contributed by atoms with Crippen LogP contribution in [0.5, 0.6) is 0 Å². The summed E-state index contributed by atoms with van der Waals surface area (Å²) in [4.78, 5) is 30.2. The van der Waals surface area contributed by atoms with Crippen LogP contribution in [0.25, 0.3) is 0 Å². The fourth-order valence-corrected chi connectivity index (χ4v) is 2.08. The van der Waals surface area contributed by atoms with Crippen LogP contribution in [0, 0.1) is 0 Å². The van der Waals surface area contributed by atoms with Gasteiger partial charge in [0.05, 0.1) is 0 Å². The van der Waals surface area contributed by atoms with Gasteiger partial charge < -0.3 is 10.2 Å². The molecule has 18 heavy (non-hydrogen) atoms. The first-order chi connectivity index (χ1) is 8.83. The molecule has 0 fully saturated rings. The zero-order chi connectivity index (χ0) is 12.8. The summed E-state index contributed by atoms with van der Waals surface area (Å²) in [6.07, 6.45) is 7.79. The van der Waals surface area contributed by atoms with Gasteiger partial charge in [0, 0.05) is 5.38 Å². The number of aromatic nitrogens is 1. The Hall–Kier alpha value is -2.02. The minimum absolute atomic E-state index is 0.00880. The van der Waals surface area contributed by atoms with Crippen molar-refractivity contribution >= 4 is 34.9 Å². The number of hydrogen-bond donors (Lipinski definition) is 1. The molecule has 0 aliphatic heterocycles. The number of oxime groups is 1. The molecule has 0 spiro atoms. The van der Waals surface area contributed by atoms with Crippen LogP contribution in [0.15, 0.2) is 22.7 Å². The molecule has 1 heterocycles. The van der Waals surface area contributed by atoms with Crippen molar-refractivity contribution in [2.75, 3.05) is 5.32 Å². The molecule has 1 N–H and O–H groups in total. The molecule has 2 rings (SSSR count). The Morgan fingerprint density at radius 3 is 3.28 bits per heavy atom. The molecule has 1 aliphatic rings. The van der Waals surface area contributed by atoms with Crippen LogP contribution < -0.4 is 5.32 Å². The van der Waals surface area contributed by atoms with E-state index in [2.05, 4.69) is 15.5 Å². The molecular weight excluding hydrogens is 254 g/mol. The lowest BCUT2D eigenvalue weighted by Gasteiger charge is -2.04. The second kappa shape index (κ2) is 6.06. The first kappa shape index (κ1) is 12.4. The number of amides is 1. The Balaban J connectivity index is 2.05. The van der Waals surface area contributed by atoms with Crippen LogP contribution in [0.3, 0.4) is 0 Å². The monoisotopic (exact) mass is 264 g/mol. The highest BCUT2D eigenvalue weighted by molar-refractivity contribution is 7.14. The molecule has 7 heteroatoms. The van der Waals surface area contributed by atoms with Gasteiger partial charge in [0.1, 0.15) is 11.8 Å². The van der Waals surface area contributed by atoms with Crippen molar-refractivity contribution in [1.29, 1.82) is 0 Å². The topological polar surface area (TPSA) is 80.6 Å². The highest BCUT2D eigenvalue weighted by Gasteiger charge is 2.13. The van der Waals surface area contributed by atoms with Crippen LogP contribution in [-0.2, 0) is 14.4 Å². The maximum absolute atomic E-state index is 10.8. The van der Waals surface area contributed by atoms with Gasteiger partial charge in [0.2, 0.25) is 6.41 Å². The maximum atomic E-state index is 10.8. The van der Waals surface area contributed by atoms with Crippen LogP contribution in [0.4, 0.5) is 5.13 Å². The first-order valence-electron chi connectivity index (χ1n) is 5.28. The fourth-order valence-electron chi connectivity index (χ4n) is 1.43. The van der Waals surface area contributed by atoms with Crippen LogP contribution >= 0.6 is 11.3 Å². The Bertz CT molecular complexity index is 495. The van der Waals surface area contributed by atoms with E-state index in [9.17, 15) is 9.59 Å².